The van der Waals surface area contributed by atoms with Crippen LogP contribution in [0.15, 0.2) is 40.1 Å². The first-order chi connectivity index (χ1) is 9.63. The van der Waals surface area contributed by atoms with Gasteiger partial charge in [0.25, 0.3) is 11.5 Å². The minimum atomic E-state index is -0.762. The van der Waals surface area contributed by atoms with E-state index in [4.69, 9.17) is 0 Å². The molecule has 0 atom stereocenters. The third kappa shape index (κ3) is 2.09. The van der Waals surface area contributed by atoms with Gasteiger partial charge >= 0.3 is 5.69 Å². The van der Waals surface area contributed by atoms with Gasteiger partial charge in [-0.05, 0) is 12.1 Å². The number of benzene rings is 1. The summed E-state index contributed by atoms with van der Waals surface area (Å²) in [5.41, 5.74) is -0.181. The number of imidazole rings is 1. The highest BCUT2D eigenvalue weighted by Crippen LogP contribution is 2.13. The van der Waals surface area contributed by atoms with Crippen molar-refractivity contribution in [1.29, 1.82) is 0 Å². The molecular weight excluding hydrogens is 262 g/mol. The van der Waals surface area contributed by atoms with Crippen molar-refractivity contribution in [2.24, 2.45) is 0 Å². The number of fused-ring (bicyclic) bond motifs is 1. The van der Waals surface area contributed by atoms with E-state index in [1.807, 2.05) is 23.2 Å². The van der Waals surface area contributed by atoms with Crippen LogP contribution in [-0.4, -0.2) is 25.8 Å². The number of carbonyl (C=O) groups excluding carboxylic acids is 1. The molecule has 100 valence electrons. The monoisotopic (exact) mass is 271 g/mol. The molecule has 8 heteroatoms. The van der Waals surface area contributed by atoms with Gasteiger partial charge in [-0.3, -0.25) is 19.9 Å². The Labute approximate surface area is 110 Å². The number of carbonyl (C=O) groups is 1. The van der Waals surface area contributed by atoms with E-state index in [-0.39, 0.29) is 11.5 Å². The molecule has 0 fully saturated rings. The van der Waals surface area contributed by atoms with E-state index in [9.17, 15) is 14.4 Å². The Bertz CT molecular complexity index is 872. The molecule has 3 rings (SSSR count). The molecule has 0 aliphatic heterocycles. The van der Waals surface area contributed by atoms with Gasteiger partial charge in [0.15, 0.2) is 0 Å². The zero-order chi connectivity index (χ0) is 14.1. The highest BCUT2D eigenvalue weighted by molar-refractivity contribution is 6.03. The Kier molecular flexibility index (Phi) is 2.68. The summed E-state index contributed by atoms with van der Waals surface area (Å²) in [7, 11) is 0. The van der Waals surface area contributed by atoms with Crippen LogP contribution in [0.5, 0.6) is 0 Å². The lowest BCUT2D eigenvalue weighted by molar-refractivity contribution is 0.102. The lowest BCUT2D eigenvalue weighted by Crippen LogP contribution is -2.29. The van der Waals surface area contributed by atoms with Crippen LogP contribution in [0.2, 0.25) is 0 Å². The summed E-state index contributed by atoms with van der Waals surface area (Å²) in [4.78, 5) is 45.5. The molecule has 4 N–H and O–H groups in total. The molecule has 0 aliphatic rings. The van der Waals surface area contributed by atoms with Crippen LogP contribution in [0.4, 0.5) is 5.95 Å². The molecule has 0 unspecified atom stereocenters. The van der Waals surface area contributed by atoms with Gasteiger partial charge in [-0.1, -0.05) is 12.1 Å². The first-order valence-electron chi connectivity index (χ1n) is 5.71. The largest absolute Gasteiger partial charge is 0.325 e. The van der Waals surface area contributed by atoms with E-state index in [0.29, 0.717) is 5.52 Å². The number of H-pyrrole nitrogens is 3. The van der Waals surface area contributed by atoms with Crippen molar-refractivity contribution in [1.82, 2.24) is 19.9 Å². The molecule has 20 heavy (non-hydrogen) atoms. The number of aromatic nitrogens is 4. The summed E-state index contributed by atoms with van der Waals surface area (Å²) in [6.07, 6.45) is 1.05. The Balaban J connectivity index is 1.92. The first kappa shape index (κ1) is 11.9. The average molecular weight is 271 g/mol. The summed E-state index contributed by atoms with van der Waals surface area (Å²) < 4.78 is 0. The van der Waals surface area contributed by atoms with Gasteiger partial charge in [0, 0.05) is 6.20 Å². The number of aromatic amines is 3. The predicted molar refractivity (Wildman–Crippen MR) is 71.7 cm³/mol. The number of amides is 1. The average Bonchev–Trinajstić information content (AvgIpc) is 2.80. The van der Waals surface area contributed by atoms with Crippen molar-refractivity contribution < 1.29 is 4.79 Å². The van der Waals surface area contributed by atoms with Crippen LogP contribution in [0.1, 0.15) is 10.4 Å². The second kappa shape index (κ2) is 4.50. The zero-order valence-electron chi connectivity index (χ0n) is 10.1. The van der Waals surface area contributed by atoms with E-state index in [0.717, 1.165) is 11.7 Å². The molecule has 0 bridgehead atoms. The van der Waals surface area contributed by atoms with Gasteiger partial charge in [-0.2, -0.15) is 0 Å². The molecular formula is C12H9N5O3. The Morgan fingerprint density at radius 3 is 2.70 bits per heavy atom. The molecule has 3 aromatic rings. The van der Waals surface area contributed by atoms with Crippen molar-refractivity contribution in [3.63, 3.8) is 0 Å². The highest BCUT2D eigenvalue weighted by Gasteiger charge is 2.13. The molecule has 0 saturated heterocycles. The number of hydrogen-bond donors (Lipinski definition) is 4. The van der Waals surface area contributed by atoms with Gasteiger partial charge in [0.1, 0.15) is 5.56 Å². The number of hydrogen-bond acceptors (Lipinski definition) is 4. The van der Waals surface area contributed by atoms with Crippen LogP contribution in [0.3, 0.4) is 0 Å². The van der Waals surface area contributed by atoms with Crippen LogP contribution < -0.4 is 16.6 Å². The van der Waals surface area contributed by atoms with Crippen molar-refractivity contribution >= 4 is 22.9 Å². The van der Waals surface area contributed by atoms with Gasteiger partial charge in [0.2, 0.25) is 5.95 Å². The first-order valence-corrected chi connectivity index (χ1v) is 5.71. The number of rotatable bonds is 2. The predicted octanol–water partition coefficient (Wildman–Crippen LogP) is 0.192. The molecule has 2 aromatic heterocycles. The number of nitrogens with zero attached hydrogens (tertiary/aromatic N) is 1. The second-order valence-corrected chi connectivity index (χ2v) is 4.04. The van der Waals surface area contributed by atoms with Crippen molar-refractivity contribution in [2.45, 2.75) is 0 Å². The molecule has 0 spiro atoms. The third-order valence-electron chi connectivity index (χ3n) is 2.69. The molecule has 0 aliphatic carbocycles. The van der Waals surface area contributed by atoms with Crippen LogP contribution in [0, 0.1) is 0 Å². The number of para-hydroxylation sites is 2. The molecule has 8 nitrogen and oxygen atoms in total. The highest BCUT2D eigenvalue weighted by atomic mass is 16.2. The SMILES string of the molecule is O=C(Nc1nc2ccccc2[nH]1)c1c[nH]c(=O)[nH]c1=O. The van der Waals surface area contributed by atoms with Gasteiger partial charge in [0.05, 0.1) is 11.0 Å². The topological polar surface area (TPSA) is 123 Å². The van der Waals surface area contributed by atoms with Crippen molar-refractivity contribution in [2.75, 3.05) is 5.32 Å². The molecule has 2 heterocycles. The normalized spacial score (nSPS) is 10.6. The second-order valence-electron chi connectivity index (χ2n) is 4.04. The minimum absolute atomic E-state index is 0.204. The van der Waals surface area contributed by atoms with E-state index in [1.165, 1.54) is 0 Å². The summed E-state index contributed by atoms with van der Waals surface area (Å²) in [5, 5.41) is 2.46. The quantitative estimate of drug-likeness (QED) is 0.531. The summed E-state index contributed by atoms with van der Waals surface area (Å²) in [6.45, 7) is 0. The number of nitrogens with one attached hydrogen (secondary N) is 4. The molecule has 1 amide bonds. The fourth-order valence-corrected chi connectivity index (χ4v) is 1.77. The molecule has 0 saturated carbocycles. The summed E-state index contributed by atoms with van der Waals surface area (Å²) in [5.74, 6) is -0.441. The fourth-order valence-electron chi connectivity index (χ4n) is 1.77. The molecule has 1 aromatic carbocycles. The summed E-state index contributed by atoms with van der Waals surface area (Å²) >= 11 is 0. The van der Waals surface area contributed by atoms with Crippen LogP contribution >= 0.6 is 0 Å². The third-order valence-corrected chi connectivity index (χ3v) is 2.69. The van der Waals surface area contributed by atoms with E-state index < -0.39 is 17.2 Å². The van der Waals surface area contributed by atoms with Crippen molar-refractivity contribution in [3.05, 3.63) is 56.9 Å². The van der Waals surface area contributed by atoms with Crippen molar-refractivity contribution in [3.8, 4) is 0 Å². The Morgan fingerprint density at radius 2 is 1.95 bits per heavy atom. The van der Waals surface area contributed by atoms with Crippen LogP contribution in [-0.2, 0) is 0 Å². The van der Waals surface area contributed by atoms with Crippen LogP contribution in [0.25, 0.3) is 11.0 Å². The maximum atomic E-state index is 11.9. The van der Waals surface area contributed by atoms with Gasteiger partial charge in [-0.25, -0.2) is 9.78 Å². The van der Waals surface area contributed by atoms with Gasteiger partial charge in [-0.15, -0.1) is 0 Å². The summed E-state index contributed by atoms with van der Waals surface area (Å²) in [6, 6.07) is 7.25. The minimum Gasteiger partial charge on any atom is -0.324 e. The Morgan fingerprint density at radius 1 is 1.15 bits per heavy atom. The standard InChI is InChI=1S/C12H9N5O3/c18-9(6-5-13-12(20)17-10(6)19)16-11-14-7-3-1-2-4-8(7)15-11/h1-5H,(H2,13,17,19,20)(H2,14,15,16,18). The lowest BCUT2D eigenvalue weighted by Gasteiger charge is -1.99. The van der Waals surface area contributed by atoms with E-state index in [2.05, 4.69) is 20.3 Å². The van der Waals surface area contributed by atoms with E-state index in [1.54, 1.807) is 6.07 Å². The zero-order valence-corrected chi connectivity index (χ0v) is 10.1. The maximum Gasteiger partial charge on any atom is 0.325 e. The van der Waals surface area contributed by atoms with Gasteiger partial charge < -0.3 is 9.97 Å². The fraction of sp³-hybridized carbons (Fsp3) is 0. The smallest absolute Gasteiger partial charge is 0.324 e. The maximum absolute atomic E-state index is 11.9. The number of anilines is 1. The Hall–Kier alpha value is -3.16. The lowest BCUT2D eigenvalue weighted by atomic mass is 10.3. The van der Waals surface area contributed by atoms with E-state index >= 15 is 0 Å². The molecule has 0 radical (unpaired) electrons.